The Kier molecular flexibility index (Phi) is 8.29. The zero-order valence-electron chi connectivity index (χ0n) is 21.8. The number of halogens is 2. The van der Waals surface area contributed by atoms with E-state index in [1.807, 2.05) is 0 Å². The molecular weight excluding hydrogens is 543 g/mol. The summed E-state index contributed by atoms with van der Waals surface area (Å²) in [5.41, 5.74) is 0.432. The number of nitrogens with one attached hydrogen (secondary N) is 3. The van der Waals surface area contributed by atoms with E-state index in [-0.39, 0.29) is 10.6 Å². The molecule has 3 aromatic rings. The molecule has 1 aliphatic rings. The summed E-state index contributed by atoms with van der Waals surface area (Å²) in [6, 6.07) is 15.8. The van der Waals surface area contributed by atoms with Gasteiger partial charge in [-0.1, -0.05) is 35.9 Å². The molecule has 0 aromatic heterocycles. The van der Waals surface area contributed by atoms with Crippen LogP contribution in [0.25, 0.3) is 11.1 Å². The van der Waals surface area contributed by atoms with Crippen LogP contribution in [-0.2, 0) is 14.8 Å². The van der Waals surface area contributed by atoms with Crippen LogP contribution >= 0.6 is 11.6 Å². The van der Waals surface area contributed by atoms with Crippen LogP contribution in [0.3, 0.4) is 0 Å². The summed E-state index contributed by atoms with van der Waals surface area (Å²) >= 11 is 5.89. The topological polar surface area (TPSA) is 108 Å². The third-order valence-electron chi connectivity index (χ3n) is 6.07. The van der Waals surface area contributed by atoms with Crippen molar-refractivity contribution in [1.29, 1.82) is 0 Å². The van der Waals surface area contributed by atoms with Crippen molar-refractivity contribution in [1.82, 2.24) is 9.62 Å². The monoisotopic (exact) mass is 572 g/mol. The smallest absolute Gasteiger partial charge is 0.322 e. The Labute approximate surface area is 232 Å². The second-order valence-corrected chi connectivity index (χ2v) is 12.4. The van der Waals surface area contributed by atoms with E-state index < -0.39 is 39.4 Å². The van der Waals surface area contributed by atoms with E-state index in [1.165, 1.54) is 23.1 Å². The highest BCUT2D eigenvalue weighted by atomic mass is 35.5. The van der Waals surface area contributed by atoms with Crippen molar-refractivity contribution >= 4 is 44.9 Å². The number of carbonyl (C=O) groups excluding carboxylic acids is 2. The van der Waals surface area contributed by atoms with Crippen LogP contribution in [0, 0.1) is 5.82 Å². The predicted octanol–water partition coefficient (Wildman–Crippen LogP) is 5.86. The lowest BCUT2D eigenvalue weighted by Gasteiger charge is -2.24. The molecule has 206 valence electrons. The highest BCUT2D eigenvalue weighted by Crippen LogP contribution is 2.31. The molecule has 39 heavy (non-hydrogen) atoms. The van der Waals surface area contributed by atoms with Crippen LogP contribution in [-0.4, -0.2) is 43.4 Å². The van der Waals surface area contributed by atoms with Crippen LogP contribution in [0.2, 0.25) is 5.02 Å². The summed E-state index contributed by atoms with van der Waals surface area (Å²) in [5, 5.41) is 5.86. The van der Waals surface area contributed by atoms with Gasteiger partial charge in [-0.25, -0.2) is 22.3 Å². The van der Waals surface area contributed by atoms with Crippen molar-refractivity contribution < 1.29 is 22.4 Å². The van der Waals surface area contributed by atoms with E-state index >= 15 is 4.39 Å². The highest BCUT2D eigenvalue weighted by Gasteiger charge is 2.34. The predicted molar refractivity (Wildman–Crippen MR) is 151 cm³/mol. The molecule has 1 heterocycles. The third kappa shape index (κ3) is 6.95. The van der Waals surface area contributed by atoms with Crippen molar-refractivity contribution in [2.45, 2.75) is 50.1 Å². The Morgan fingerprint density at radius 3 is 2.36 bits per heavy atom. The first-order valence-corrected chi connectivity index (χ1v) is 14.3. The molecule has 0 aliphatic carbocycles. The van der Waals surface area contributed by atoms with Gasteiger partial charge in [-0.2, -0.15) is 0 Å². The number of likely N-dealkylation sites (tertiary alicyclic amines) is 1. The first-order chi connectivity index (χ1) is 18.3. The minimum Gasteiger partial charge on any atom is -0.322 e. The fraction of sp³-hybridized carbons (Fsp3) is 0.286. The summed E-state index contributed by atoms with van der Waals surface area (Å²) in [5.74, 6) is -1.24. The summed E-state index contributed by atoms with van der Waals surface area (Å²) in [6.07, 6.45) is 1.06. The van der Waals surface area contributed by atoms with Gasteiger partial charge in [0.05, 0.1) is 10.6 Å². The van der Waals surface area contributed by atoms with Gasteiger partial charge in [-0.3, -0.25) is 4.79 Å². The molecule has 0 saturated carbocycles. The number of urea groups is 1. The van der Waals surface area contributed by atoms with Gasteiger partial charge in [0.2, 0.25) is 15.9 Å². The van der Waals surface area contributed by atoms with Gasteiger partial charge < -0.3 is 15.5 Å². The van der Waals surface area contributed by atoms with E-state index in [0.29, 0.717) is 41.2 Å². The van der Waals surface area contributed by atoms with Crippen LogP contribution < -0.4 is 15.4 Å². The maximum Gasteiger partial charge on any atom is 0.322 e. The Bertz CT molecular complexity index is 1490. The molecule has 1 aliphatic heterocycles. The number of anilines is 2. The summed E-state index contributed by atoms with van der Waals surface area (Å²) < 4.78 is 43.8. The van der Waals surface area contributed by atoms with Crippen molar-refractivity contribution in [3.05, 3.63) is 77.6 Å². The fourth-order valence-electron chi connectivity index (χ4n) is 4.41. The largest absolute Gasteiger partial charge is 0.322 e. The molecule has 0 spiro atoms. The molecule has 3 N–H and O–H groups in total. The average molecular weight is 573 g/mol. The second-order valence-electron chi connectivity index (χ2n) is 10.3. The minimum atomic E-state index is -3.88. The molecule has 8 nitrogen and oxygen atoms in total. The van der Waals surface area contributed by atoms with Crippen molar-refractivity contribution in [2.75, 3.05) is 17.2 Å². The van der Waals surface area contributed by atoms with Crippen molar-refractivity contribution in [3.63, 3.8) is 0 Å². The average Bonchev–Trinajstić information content (AvgIpc) is 3.36. The Morgan fingerprint density at radius 1 is 1.00 bits per heavy atom. The van der Waals surface area contributed by atoms with Gasteiger partial charge in [-0.05, 0) is 81.6 Å². The van der Waals surface area contributed by atoms with E-state index in [0.717, 1.165) is 0 Å². The summed E-state index contributed by atoms with van der Waals surface area (Å²) in [7, 11) is -3.88. The summed E-state index contributed by atoms with van der Waals surface area (Å²) in [4.78, 5) is 27.3. The molecule has 0 bridgehead atoms. The maximum atomic E-state index is 15.2. The number of hydrogen-bond acceptors (Lipinski definition) is 4. The van der Waals surface area contributed by atoms with E-state index in [2.05, 4.69) is 15.4 Å². The number of benzene rings is 3. The number of nitrogens with zero attached hydrogens (tertiary/aromatic N) is 1. The number of rotatable bonds is 6. The molecule has 11 heteroatoms. The fourth-order valence-corrected chi connectivity index (χ4v) is 6.18. The first-order valence-electron chi connectivity index (χ1n) is 12.4. The molecule has 3 amide bonds. The lowest BCUT2D eigenvalue weighted by molar-refractivity contribution is -0.119. The lowest BCUT2D eigenvalue weighted by Crippen LogP contribution is -2.45. The highest BCUT2D eigenvalue weighted by molar-refractivity contribution is 7.89. The van der Waals surface area contributed by atoms with E-state index in [9.17, 15) is 18.0 Å². The van der Waals surface area contributed by atoms with Gasteiger partial charge in [0.1, 0.15) is 11.9 Å². The molecule has 1 saturated heterocycles. The zero-order chi connectivity index (χ0) is 28.4. The van der Waals surface area contributed by atoms with Crippen molar-refractivity contribution in [3.8, 4) is 11.1 Å². The third-order valence-corrected chi connectivity index (χ3v) is 8.13. The lowest BCUT2D eigenvalue weighted by atomic mass is 10.0. The Morgan fingerprint density at radius 2 is 1.69 bits per heavy atom. The van der Waals surface area contributed by atoms with Crippen LogP contribution in [0.5, 0.6) is 0 Å². The second kappa shape index (κ2) is 11.3. The number of amides is 3. The minimum absolute atomic E-state index is 0.0180. The van der Waals surface area contributed by atoms with Gasteiger partial charge in [0, 0.05) is 28.4 Å². The van der Waals surface area contributed by atoms with Crippen molar-refractivity contribution in [2.24, 2.45) is 0 Å². The number of sulfonamides is 1. The Hall–Kier alpha value is -3.47. The molecule has 4 rings (SSSR count). The van der Waals surface area contributed by atoms with E-state index in [4.69, 9.17) is 11.6 Å². The van der Waals surface area contributed by atoms with Crippen LogP contribution in [0.1, 0.15) is 33.6 Å². The standard InChI is InChI=1S/C28H30ClFN4O4S/c1-28(2,3)33-39(37,38)25-9-5-4-7-21(25)18-10-15-23(22(30)17-18)32-26(35)24-8-6-16-34(24)27(36)31-20-13-11-19(29)12-14-20/h4-5,7,9-15,17,24,33H,6,8,16H2,1-3H3,(H,31,36)(H,32,35). The molecule has 1 atom stereocenters. The van der Waals surface area contributed by atoms with Gasteiger partial charge in [0.15, 0.2) is 0 Å². The van der Waals surface area contributed by atoms with Gasteiger partial charge in [-0.15, -0.1) is 0 Å². The maximum absolute atomic E-state index is 15.2. The quantitative estimate of drug-likeness (QED) is 0.344. The molecule has 3 aromatic carbocycles. The molecule has 1 unspecified atom stereocenters. The number of carbonyl (C=O) groups is 2. The zero-order valence-corrected chi connectivity index (χ0v) is 23.4. The SMILES string of the molecule is CC(C)(C)NS(=O)(=O)c1ccccc1-c1ccc(NC(=O)C2CCCN2C(=O)Nc2ccc(Cl)cc2)c(F)c1. The van der Waals surface area contributed by atoms with Crippen LogP contribution in [0.4, 0.5) is 20.6 Å². The summed E-state index contributed by atoms with van der Waals surface area (Å²) in [6.45, 7) is 5.58. The molecule has 0 radical (unpaired) electrons. The molecule has 1 fully saturated rings. The van der Waals surface area contributed by atoms with Gasteiger partial charge >= 0.3 is 6.03 Å². The first kappa shape index (κ1) is 28.5. The molecular formula is C28H30ClFN4O4S. The number of hydrogen-bond donors (Lipinski definition) is 3. The van der Waals surface area contributed by atoms with Gasteiger partial charge in [0.25, 0.3) is 0 Å². The normalized spacial score (nSPS) is 15.7. The Balaban J connectivity index is 1.50. The van der Waals surface area contributed by atoms with E-state index in [1.54, 1.807) is 69.3 Å². The van der Waals surface area contributed by atoms with Crippen LogP contribution in [0.15, 0.2) is 71.6 Å².